The third-order valence-electron chi connectivity index (χ3n) is 2.61. The predicted molar refractivity (Wildman–Crippen MR) is 67.6 cm³/mol. The van der Waals surface area contributed by atoms with Crippen LogP contribution in [0.1, 0.15) is 15.9 Å². The number of hydrogen-bond donors (Lipinski definition) is 0. The third-order valence-corrected chi connectivity index (χ3v) is 2.61. The van der Waals surface area contributed by atoms with E-state index in [0.29, 0.717) is 16.9 Å². The SMILES string of the molecule is COc1ccc(C(=O)c2ccccc2[N+]#N)cc1. The van der Waals surface area contributed by atoms with Crippen LogP contribution in [-0.2, 0) is 0 Å². The Morgan fingerprint density at radius 2 is 1.78 bits per heavy atom. The van der Waals surface area contributed by atoms with E-state index in [1.807, 2.05) is 0 Å². The number of methoxy groups -OCH3 is 1. The average molecular weight is 239 g/mol. The maximum Gasteiger partial charge on any atom is 0.396 e. The lowest BCUT2D eigenvalue weighted by Crippen LogP contribution is -2.01. The molecule has 0 aromatic heterocycles. The highest BCUT2D eigenvalue weighted by Crippen LogP contribution is 2.22. The van der Waals surface area contributed by atoms with E-state index in [1.165, 1.54) is 0 Å². The van der Waals surface area contributed by atoms with Gasteiger partial charge in [-0.2, -0.15) is 0 Å². The largest absolute Gasteiger partial charge is 0.497 e. The van der Waals surface area contributed by atoms with E-state index in [-0.39, 0.29) is 11.5 Å². The molecule has 0 heterocycles. The molecule has 88 valence electrons. The Morgan fingerprint density at radius 3 is 2.39 bits per heavy atom. The lowest BCUT2D eigenvalue weighted by molar-refractivity contribution is 0.103. The van der Waals surface area contributed by atoms with Crippen LogP contribution in [0.4, 0.5) is 5.69 Å². The maximum absolute atomic E-state index is 12.2. The van der Waals surface area contributed by atoms with E-state index in [1.54, 1.807) is 55.6 Å². The van der Waals surface area contributed by atoms with Gasteiger partial charge in [0, 0.05) is 11.6 Å². The molecule has 0 amide bonds. The molecule has 0 N–H and O–H groups in total. The van der Waals surface area contributed by atoms with Crippen molar-refractivity contribution < 1.29 is 9.53 Å². The van der Waals surface area contributed by atoms with E-state index in [2.05, 4.69) is 4.98 Å². The van der Waals surface area contributed by atoms with Crippen molar-refractivity contribution in [1.29, 1.82) is 5.39 Å². The van der Waals surface area contributed by atoms with Gasteiger partial charge < -0.3 is 4.74 Å². The number of benzene rings is 2. The van der Waals surface area contributed by atoms with Crippen molar-refractivity contribution in [1.82, 2.24) is 0 Å². The van der Waals surface area contributed by atoms with Crippen LogP contribution in [0.5, 0.6) is 5.75 Å². The minimum Gasteiger partial charge on any atom is -0.497 e. The fraction of sp³-hybridized carbons (Fsp3) is 0.0714. The number of carbonyl (C=O) groups is 1. The summed E-state index contributed by atoms with van der Waals surface area (Å²) in [6.07, 6.45) is 0. The molecule has 0 saturated carbocycles. The summed E-state index contributed by atoms with van der Waals surface area (Å²) in [4.78, 5) is 15.3. The minimum atomic E-state index is -0.189. The molecule has 0 fully saturated rings. The molecule has 4 nitrogen and oxygen atoms in total. The molecule has 0 aliphatic carbocycles. The summed E-state index contributed by atoms with van der Waals surface area (Å²) >= 11 is 0. The number of nitrogens with zero attached hydrogens (tertiary/aromatic N) is 2. The number of ether oxygens (including phenoxy) is 1. The highest BCUT2D eigenvalue weighted by atomic mass is 16.5. The van der Waals surface area contributed by atoms with Gasteiger partial charge in [-0.1, -0.05) is 12.1 Å². The zero-order chi connectivity index (χ0) is 13.0. The van der Waals surface area contributed by atoms with Crippen LogP contribution in [0.2, 0.25) is 0 Å². The molecule has 0 unspecified atom stereocenters. The summed E-state index contributed by atoms with van der Waals surface area (Å²) in [5.74, 6) is 0.498. The van der Waals surface area contributed by atoms with Crippen molar-refractivity contribution in [2.24, 2.45) is 0 Å². The molecule has 0 aliphatic heterocycles. The second-order valence-corrected chi connectivity index (χ2v) is 3.67. The third kappa shape index (κ3) is 2.20. The molecule has 0 spiro atoms. The van der Waals surface area contributed by atoms with Gasteiger partial charge >= 0.3 is 5.69 Å². The average Bonchev–Trinajstić information content (AvgIpc) is 2.46. The van der Waals surface area contributed by atoms with Gasteiger partial charge in [-0.15, -0.1) is 0 Å². The van der Waals surface area contributed by atoms with Crippen LogP contribution in [-0.4, -0.2) is 12.9 Å². The second kappa shape index (κ2) is 5.11. The van der Waals surface area contributed by atoms with E-state index in [0.717, 1.165) is 0 Å². The highest BCUT2D eigenvalue weighted by Gasteiger charge is 2.20. The molecule has 0 radical (unpaired) electrons. The normalized spacial score (nSPS) is 9.56. The molecule has 18 heavy (non-hydrogen) atoms. The fourth-order valence-electron chi connectivity index (χ4n) is 1.65. The molecule has 0 saturated heterocycles. The number of ketones is 1. The Labute approximate surface area is 104 Å². The summed E-state index contributed by atoms with van der Waals surface area (Å²) < 4.78 is 5.03. The molecular formula is C14H11N2O2+. The number of diazo groups is 1. The standard InChI is InChI=1S/C14H11N2O2/c1-18-11-8-6-10(7-9-11)14(17)12-4-2-3-5-13(12)16-15/h2-9H,1H3/q+1. The first-order valence-electron chi connectivity index (χ1n) is 5.39. The zero-order valence-corrected chi connectivity index (χ0v) is 9.83. The Hall–Kier alpha value is -2.67. The van der Waals surface area contributed by atoms with Gasteiger partial charge in [-0.05, 0) is 30.3 Å². The van der Waals surface area contributed by atoms with Crippen LogP contribution in [0.25, 0.3) is 4.98 Å². The lowest BCUT2D eigenvalue weighted by atomic mass is 10.0. The lowest BCUT2D eigenvalue weighted by Gasteiger charge is -2.01. The van der Waals surface area contributed by atoms with E-state index in [4.69, 9.17) is 10.1 Å². The van der Waals surface area contributed by atoms with Crippen molar-refractivity contribution in [3.05, 3.63) is 64.6 Å². The van der Waals surface area contributed by atoms with Crippen LogP contribution in [0.3, 0.4) is 0 Å². The summed E-state index contributed by atoms with van der Waals surface area (Å²) in [6, 6.07) is 13.4. The topological polar surface area (TPSA) is 54.5 Å². The molecule has 0 bridgehead atoms. The Bertz CT molecular complexity index is 612. The van der Waals surface area contributed by atoms with Crippen LogP contribution >= 0.6 is 0 Å². The maximum atomic E-state index is 12.2. The van der Waals surface area contributed by atoms with Crippen molar-refractivity contribution in [2.45, 2.75) is 0 Å². The summed E-state index contributed by atoms with van der Waals surface area (Å²) in [6.45, 7) is 0. The zero-order valence-electron chi connectivity index (χ0n) is 9.83. The predicted octanol–water partition coefficient (Wildman–Crippen LogP) is 3.41. The van der Waals surface area contributed by atoms with E-state index in [9.17, 15) is 4.79 Å². The molecule has 2 aromatic carbocycles. The first-order valence-corrected chi connectivity index (χ1v) is 5.39. The Kier molecular flexibility index (Phi) is 3.35. The van der Waals surface area contributed by atoms with Crippen molar-refractivity contribution in [3.8, 4) is 5.75 Å². The van der Waals surface area contributed by atoms with Crippen LogP contribution < -0.4 is 4.74 Å². The monoisotopic (exact) mass is 239 g/mol. The Morgan fingerprint density at radius 1 is 1.11 bits per heavy atom. The van der Waals surface area contributed by atoms with Gasteiger partial charge in [0.2, 0.25) is 11.2 Å². The number of carbonyl (C=O) groups excluding carboxylic acids is 1. The van der Waals surface area contributed by atoms with E-state index >= 15 is 0 Å². The van der Waals surface area contributed by atoms with Crippen LogP contribution in [0.15, 0.2) is 48.5 Å². The Balaban J connectivity index is 2.39. The van der Waals surface area contributed by atoms with Crippen molar-refractivity contribution in [2.75, 3.05) is 7.11 Å². The van der Waals surface area contributed by atoms with Gasteiger partial charge in [-0.25, -0.2) is 0 Å². The summed E-state index contributed by atoms with van der Waals surface area (Å²) in [5.41, 5.74) is 1.15. The number of rotatable bonds is 3. The summed E-state index contributed by atoms with van der Waals surface area (Å²) in [5, 5.41) is 8.85. The van der Waals surface area contributed by atoms with Gasteiger partial charge in [0.25, 0.3) is 0 Å². The van der Waals surface area contributed by atoms with E-state index < -0.39 is 0 Å². The quantitative estimate of drug-likeness (QED) is 0.609. The summed E-state index contributed by atoms with van der Waals surface area (Å²) in [7, 11) is 1.57. The van der Waals surface area contributed by atoms with Gasteiger partial charge in [0.1, 0.15) is 11.3 Å². The minimum absolute atomic E-state index is 0.189. The van der Waals surface area contributed by atoms with Crippen molar-refractivity contribution in [3.63, 3.8) is 0 Å². The molecular weight excluding hydrogens is 228 g/mol. The molecule has 4 heteroatoms. The van der Waals surface area contributed by atoms with Gasteiger partial charge in [0.15, 0.2) is 4.98 Å². The smallest absolute Gasteiger partial charge is 0.396 e. The van der Waals surface area contributed by atoms with Gasteiger partial charge in [-0.3, -0.25) is 4.79 Å². The fourth-order valence-corrected chi connectivity index (χ4v) is 1.65. The highest BCUT2D eigenvalue weighted by molar-refractivity contribution is 6.12. The second-order valence-electron chi connectivity index (χ2n) is 3.67. The van der Waals surface area contributed by atoms with Crippen LogP contribution in [0, 0.1) is 5.39 Å². The molecule has 2 rings (SSSR count). The number of hydrogen-bond acceptors (Lipinski definition) is 3. The molecule has 2 aromatic rings. The molecule has 0 atom stereocenters. The van der Waals surface area contributed by atoms with Crippen molar-refractivity contribution >= 4 is 11.5 Å². The first kappa shape index (κ1) is 11.8. The van der Waals surface area contributed by atoms with Gasteiger partial charge in [0.05, 0.1) is 7.11 Å². The molecule has 0 aliphatic rings. The first-order chi connectivity index (χ1) is 8.76.